The Balaban J connectivity index is 1.43. The molecule has 132 valence electrons. The van der Waals surface area contributed by atoms with Gasteiger partial charge in [0, 0.05) is 26.3 Å². The zero-order chi connectivity index (χ0) is 17.6. The number of nitrogens with zero attached hydrogens (tertiary/aromatic N) is 2. The fraction of sp³-hybridized carbons (Fsp3) is 0.421. The highest BCUT2D eigenvalue weighted by Gasteiger charge is 2.19. The molecule has 1 aliphatic rings. The fourth-order valence-corrected chi connectivity index (χ4v) is 3.10. The lowest BCUT2D eigenvalue weighted by Gasteiger charge is -2.25. The van der Waals surface area contributed by atoms with Crippen molar-refractivity contribution in [3.63, 3.8) is 0 Å². The van der Waals surface area contributed by atoms with Crippen molar-refractivity contribution < 1.29 is 9.53 Å². The fourth-order valence-electron chi connectivity index (χ4n) is 3.10. The van der Waals surface area contributed by atoms with Crippen LogP contribution in [0, 0.1) is 0 Å². The van der Waals surface area contributed by atoms with E-state index in [-0.39, 0.29) is 23.3 Å². The van der Waals surface area contributed by atoms with Gasteiger partial charge in [-0.1, -0.05) is 24.3 Å². The number of carbonyl (C=O) groups is 1. The number of fused-ring (bicyclic) bond motifs is 1. The van der Waals surface area contributed by atoms with Crippen molar-refractivity contribution >= 4 is 5.91 Å². The van der Waals surface area contributed by atoms with E-state index in [1.165, 1.54) is 30.3 Å². The predicted octanol–water partition coefficient (Wildman–Crippen LogP) is 1.99. The average Bonchev–Trinajstić information content (AvgIpc) is 2.63. The zero-order valence-electron chi connectivity index (χ0n) is 14.4. The van der Waals surface area contributed by atoms with E-state index in [0.717, 1.165) is 30.4 Å². The maximum Gasteiger partial charge on any atom is 0.271 e. The molecule has 0 saturated carbocycles. The summed E-state index contributed by atoms with van der Waals surface area (Å²) >= 11 is 0. The summed E-state index contributed by atoms with van der Waals surface area (Å²) in [6, 6.07) is 11.2. The van der Waals surface area contributed by atoms with Crippen LogP contribution >= 0.6 is 0 Å². The summed E-state index contributed by atoms with van der Waals surface area (Å²) in [5.74, 6) is -0.279. The van der Waals surface area contributed by atoms with Crippen molar-refractivity contribution in [1.29, 1.82) is 0 Å². The van der Waals surface area contributed by atoms with Crippen molar-refractivity contribution in [3.05, 3.63) is 63.6 Å². The minimum Gasteiger partial charge on any atom is -0.373 e. The number of carbonyl (C=O) groups excluding carboxylic acids is 1. The number of aryl methyl sites for hydroxylation is 2. The molecule has 3 rings (SSSR count). The molecule has 1 heterocycles. The standard InChI is InChI=1S/C19H23N3O3/c1-22-18(23)11-10-16(21-22)19(24)20-12-5-13-25-17-9-4-7-14-6-2-3-8-15(14)17/h2-3,6,8,10-11,17H,4-5,7,9,12-13H2,1H3,(H,20,24)/t17-/m1/s1. The Hall–Kier alpha value is -2.47. The number of ether oxygens (including phenoxy) is 1. The highest BCUT2D eigenvalue weighted by Crippen LogP contribution is 2.32. The van der Waals surface area contributed by atoms with E-state index >= 15 is 0 Å². The topological polar surface area (TPSA) is 73.2 Å². The Morgan fingerprint density at radius 2 is 2.16 bits per heavy atom. The largest absolute Gasteiger partial charge is 0.373 e. The molecule has 1 aromatic heterocycles. The minimum atomic E-state index is -0.279. The third-order valence-electron chi connectivity index (χ3n) is 4.43. The van der Waals surface area contributed by atoms with Gasteiger partial charge < -0.3 is 10.1 Å². The third-order valence-corrected chi connectivity index (χ3v) is 4.43. The molecular weight excluding hydrogens is 318 g/mol. The van der Waals surface area contributed by atoms with Gasteiger partial charge in [0.15, 0.2) is 0 Å². The van der Waals surface area contributed by atoms with E-state index in [9.17, 15) is 9.59 Å². The van der Waals surface area contributed by atoms with Gasteiger partial charge in [0.05, 0.1) is 6.10 Å². The Kier molecular flexibility index (Phi) is 5.60. The molecule has 0 radical (unpaired) electrons. The van der Waals surface area contributed by atoms with Crippen LogP contribution < -0.4 is 10.9 Å². The van der Waals surface area contributed by atoms with E-state index in [0.29, 0.717) is 13.2 Å². The van der Waals surface area contributed by atoms with Crippen LogP contribution in [0.5, 0.6) is 0 Å². The Labute approximate surface area is 146 Å². The SMILES string of the molecule is Cn1nc(C(=O)NCCCO[C@@H]2CCCc3ccccc32)ccc1=O. The molecule has 1 aliphatic carbocycles. The van der Waals surface area contributed by atoms with Crippen molar-refractivity contribution in [1.82, 2.24) is 15.1 Å². The van der Waals surface area contributed by atoms with E-state index < -0.39 is 0 Å². The van der Waals surface area contributed by atoms with Gasteiger partial charge in [-0.3, -0.25) is 9.59 Å². The van der Waals surface area contributed by atoms with Crippen LogP contribution in [0.15, 0.2) is 41.2 Å². The normalized spacial score (nSPS) is 16.3. The molecule has 0 unspecified atom stereocenters. The van der Waals surface area contributed by atoms with Gasteiger partial charge >= 0.3 is 0 Å². The second-order valence-electron chi connectivity index (χ2n) is 6.24. The molecule has 0 spiro atoms. The van der Waals surface area contributed by atoms with Crippen molar-refractivity contribution in [3.8, 4) is 0 Å². The first kappa shape index (κ1) is 17.4. The molecule has 6 nitrogen and oxygen atoms in total. The summed E-state index contributed by atoms with van der Waals surface area (Å²) in [5.41, 5.74) is 2.68. The summed E-state index contributed by atoms with van der Waals surface area (Å²) in [4.78, 5) is 23.3. The van der Waals surface area contributed by atoms with Crippen LogP contribution in [0.4, 0.5) is 0 Å². The molecule has 1 N–H and O–H groups in total. The predicted molar refractivity (Wildman–Crippen MR) is 94.5 cm³/mol. The van der Waals surface area contributed by atoms with Crippen LogP contribution in [0.3, 0.4) is 0 Å². The Morgan fingerprint density at radius 3 is 3.00 bits per heavy atom. The molecule has 0 bridgehead atoms. The van der Waals surface area contributed by atoms with Gasteiger partial charge in [0.1, 0.15) is 5.69 Å². The lowest BCUT2D eigenvalue weighted by atomic mass is 9.89. The van der Waals surface area contributed by atoms with E-state index in [1.54, 1.807) is 0 Å². The number of amides is 1. The van der Waals surface area contributed by atoms with Gasteiger partial charge in [-0.05, 0) is 42.9 Å². The van der Waals surface area contributed by atoms with Crippen LogP contribution in [-0.2, 0) is 18.2 Å². The van der Waals surface area contributed by atoms with Gasteiger partial charge in [-0.25, -0.2) is 4.68 Å². The second-order valence-corrected chi connectivity index (χ2v) is 6.24. The van der Waals surface area contributed by atoms with E-state index in [1.807, 2.05) is 0 Å². The second kappa shape index (κ2) is 8.07. The van der Waals surface area contributed by atoms with Crippen LogP contribution in [-0.4, -0.2) is 28.8 Å². The Morgan fingerprint density at radius 1 is 1.32 bits per heavy atom. The highest BCUT2D eigenvalue weighted by atomic mass is 16.5. The molecule has 1 aromatic carbocycles. The molecule has 25 heavy (non-hydrogen) atoms. The lowest BCUT2D eigenvalue weighted by molar-refractivity contribution is 0.0392. The summed E-state index contributed by atoms with van der Waals surface area (Å²) in [6.45, 7) is 1.11. The molecule has 0 fully saturated rings. The van der Waals surface area contributed by atoms with Gasteiger partial charge in [-0.15, -0.1) is 0 Å². The molecule has 6 heteroatoms. The first-order valence-electron chi connectivity index (χ1n) is 8.67. The molecule has 2 aromatic rings. The summed E-state index contributed by atoms with van der Waals surface area (Å²) in [6.07, 6.45) is 4.21. The summed E-state index contributed by atoms with van der Waals surface area (Å²) < 4.78 is 7.17. The number of hydrogen-bond acceptors (Lipinski definition) is 4. The number of aromatic nitrogens is 2. The van der Waals surface area contributed by atoms with Gasteiger partial charge in [0.25, 0.3) is 11.5 Å². The number of rotatable bonds is 6. The molecule has 1 amide bonds. The van der Waals surface area contributed by atoms with Crippen molar-refractivity contribution in [2.75, 3.05) is 13.2 Å². The first-order chi connectivity index (χ1) is 12.1. The van der Waals surface area contributed by atoms with E-state index in [2.05, 4.69) is 34.7 Å². The number of hydrogen-bond donors (Lipinski definition) is 1. The summed E-state index contributed by atoms with van der Waals surface area (Å²) in [7, 11) is 1.52. The van der Waals surface area contributed by atoms with E-state index in [4.69, 9.17) is 4.74 Å². The highest BCUT2D eigenvalue weighted by molar-refractivity contribution is 5.91. The minimum absolute atomic E-state index is 0.158. The monoisotopic (exact) mass is 341 g/mol. The molecule has 1 atom stereocenters. The van der Waals surface area contributed by atoms with Gasteiger partial charge in [-0.2, -0.15) is 5.10 Å². The average molecular weight is 341 g/mol. The molecule has 0 saturated heterocycles. The maximum atomic E-state index is 12.0. The van der Waals surface area contributed by atoms with Crippen molar-refractivity contribution in [2.24, 2.45) is 7.05 Å². The van der Waals surface area contributed by atoms with Crippen LogP contribution in [0.25, 0.3) is 0 Å². The maximum absolute atomic E-state index is 12.0. The first-order valence-corrected chi connectivity index (χ1v) is 8.67. The quantitative estimate of drug-likeness (QED) is 0.816. The van der Waals surface area contributed by atoms with Crippen LogP contribution in [0.2, 0.25) is 0 Å². The smallest absolute Gasteiger partial charge is 0.271 e. The number of benzene rings is 1. The molecular formula is C19H23N3O3. The van der Waals surface area contributed by atoms with Gasteiger partial charge in [0.2, 0.25) is 0 Å². The van der Waals surface area contributed by atoms with Crippen LogP contribution in [0.1, 0.15) is 47.0 Å². The molecule has 0 aliphatic heterocycles. The van der Waals surface area contributed by atoms with Crippen molar-refractivity contribution in [2.45, 2.75) is 31.8 Å². The zero-order valence-corrected chi connectivity index (χ0v) is 14.4. The summed E-state index contributed by atoms with van der Waals surface area (Å²) in [5, 5.41) is 6.74. The number of nitrogens with one attached hydrogen (secondary N) is 1. The lowest BCUT2D eigenvalue weighted by Crippen LogP contribution is -2.29. The third kappa shape index (κ3) is 4.33. The Bertz CT molecular complexity index is 800.